The number of nitrogens with zero attached hydrogens (tertiary/aromatic N) is 3. The molecule has 0 spiro atoms. The van der Waals surface area contributed by atoms with E-state index in [0.717, 1.165) is 10.6 Å². The Labute approximate surface area is 208 Å². The number of benzene rings is 1. The van der Waals surface area contributed by atoms with Crippen LogP contribution < -0.4 is 5.32 Å². The van der Waals surface area contributed by atoms with E-state index in [1.807, 2.05) is 25.9 Å². The Morgan fingerprint density at radius 1 is 1.15 bits per heavy atom. The van der Waals surface area contributed by atoms with E-state index >= 15 is 0 Å². The fourth-order valence-electron chi connectivity index (χ4n) is 4.67. The summed E-state index contributed by atoms with van der Waals surface area (Å²) in [6, 6.07) is 4.24. The summed E-state index contributed by atoms with van der Waals surface area (Å²) < 4.78 is 53.6. The van der Waals surface area contributed by atoms with Gasteiger partial charge in [0.25, 0.3) is 5.91 Å². The van der Waals surface area contributed by atoms with Gasteiger partial charge in [-0.05, 0) is 51.2 Å². The average Bonchev–Trinajstić information content (AvgIpc) is 3.26. The first-order chi connectivity index (χ1) is 15.4. The van der Waals surface area contributed by atoms with Crippen molar-refractivity contribution in [1.82, 2.24) is 18.8 Å². The highest BCUT2D eigenvalue weighted by molar-refractivity contribution is 7.89. The molecule has 0 saturated carbocycles. The van der Waals surface area contributed by atoms with Crippen LogP contribution in [-0.4, -0.2) is 94.2 Å². The van der Waals surface area contributed by atoms with Gasteiger partial charge in [0.05, 0.1) is 29.2 Å². The Bertz CT molecular complexity index is 1110. The van der Waals surface area contributed by atoms with E-state index in [-0.39, 0.29) is 36.2 Å². The molecule has 10 nitrogen and oxygen atoms in total. The maximum atomic E-state index is 13.5. The minimum atomic E-state index is -3.99. The lowest BCUT2D eigenvalue weighted by Gasteiger charge is -2.26. The second kappa shape index (κ2) is 10.9. The van der Waals surface area contributed by atoms with Crippen molar-refractivity contribution in [3.8, 4) is 0 Å². The van der Waals surface area contributed by atoms with Crippen LogP contribution in [0.5, 0.6) is 0 Å². The predicted molar refractivity (Wildman–Crippen MR) is 131 cm³/mol. The number of hydrogen-bond donors (Lipinski definition) is 1. The first-order valence-corrected chi connectivity index (χ1v) is 14.3. The number of nitrogens with one attached hydrogen (secondary N) is 1. The second-order valence-electron chi connectivity index (χ2n) is 8.84. The van der Waals surface area contributed by atoms with Gasteiger partial charge in [0.1, 0.15) is 0 Å². The molecule has 3 rings (SSSR count). The molecule has 2 fully saturated rings. The molecule has 0 aromatic heterocycles. The van der Waals surface area contributed by atoms with Gasteiger partial charge in [0.15, 0.2) is 0 Å². The molecule has 0 radical (unpaired) electrons. The molecule has 34 heavy (non-hydrogen) atoms. The number of hydrogen-bond acceptors (Lipinski definition) is 7. The number of amides is 2. The van der Waals surface area contributed by atoms with Crippen molar-refractivity contribution in [2.24, 2.45) is 5.92 Å². The van der Waals surface area contributed by atoms with Gasteiger partial charge >= 0.3 is 0 Å². The van der Waals surface area contributed by atoms with Gasteiger partial charge in [-0.15, -0.1) is 12.4 Å². The van der Waals surface area contributed by atoms with Crippen LogP contribution in [0.4, 0.5) is 0 Å². The minimum absolute atomic E-state index is 0. The fraction of sp³-hybridized carbons (Fsp3) is 0.619. The SMILES string of the molecule is CCC[C@H]1C(=O)N(S(C)(=O)=O)[C@H]2CCN(S(=O)(=O)c3ccc(C(=O)NCCN(C)C)cc3)[C@H]12.Cl. The summed E-state index contributed by atoms with van der Waals surface area (Å²) in [7, 11) is -4.00. The molecular weight excluding hydrogens is 504 g/mol. The molecular formula is C21H33ClN4O6S2. The summed E-state index contributed by atoms with van der Waals surface area (Å²) >= 11 is 0. The molecule has 2 heterocycles. The first-order valence-electron chi connectivity index (χ1n) is 11.0. The highest BCUT2D eigenvalue weighted by Crippen LogP contribution is 2.42. The molecule has 0 aliphatic carbocycles. The van der Waals surface area contributed by atoms with E-state index < -0.39 is 44.0 Å². The van der Waals surface area contributed by atoms with Crippen molar-refractivity contribution < 1.29 is 26.4 Å². The molecule has 0 bridgehead atoms. The molecule has 192 valence electrons. The van der Waals surface area contributed by atoms with Gasteiger partial charge in [0.2, 0.25) is 26.0 Å². The van der Waals surface area contributed by atoms with Crippen LogP contribution in [-0.2, 0) is 24.8 Å². The van der Waals surface area contributed by atoms with Crippen molar-refractivity contribution in [2.75, 3.05) is 40.0 Å². The van der Waals surface area contributed by atoms with Gasteiger partial charge in [-0.3, -0.25) is 9.59 Å². The van der Waals surface area contributed by atoms with Crippen LogP contribution in [0, 0.1) is 5.92 Å². The molecule has 1 aromatic carbocycles. The van der Waals surface area contributed by atoms with Crippen molar-refractivity contribution in [2.45, 2.75) is 43.2 Å². The molecule has 1 N–H and O–H groups in total. The van der Waals surface area contributed by atoms with E-state index in [2.05, 4.69) is 5.32 Å². The first kappa shape index (κ1) is 28.5. The number of halogens is 1. The molecule has 2 aliphatic rings. The normalized spacial score (nSPS) is 23.1. The van der Waals surface area contributed by atoms with E-state index in [1.54, 1.807) is 0 Å². The Kier molecular flexibility index (Phi) is 9.14. The number of carbonyl (C=O) groups is 2. The molecule has 2 saturated heterocycles. The molecule has 3 atom stereocenters. The Morgan fingerprint density at radius 3 is 2.29 bits per heavy atom. The molecule has 0 unspecified atom stereocenters. The third-order valence-electron chi connectivity index (χ3n) is 6.14. The topological polar surface area (TPSA) is 124 Å². The van der Waals surface area contributed by atoms with Crippen LogP contribution in [0.3, 0.4) is 0 Å². The van der Waals surface area contributed by atoms with E-state index in [1.165, 1.54) is 28.6 Å². The van der Waals surface area contributed by atoms with Gasteiger partial charge in [-0.25, -0.2) is 21.1 Å². The third-order valence-corrected chi connectivity index (χ3v) is 9.22. The van der Waals surface area contributed by atoms with Crippen LogP contribution in [0.15, 0.2) is 29.2 Å². The average molecular weight is 537 g/mol. The van der Waals surface area contributed by atoms with Gasteiger partial charge < -0.3 is 10.2 Å². The Balaban J connectivity index is 0.00000408. The Morgan fingerprint density at radius 2 is 1.76 bits per heavy atom. The number of fused-ring (bicyclic) bond motifs is 1. The monoisotopic (exact) mass is 536 g/mol. The quantitative estimate of drug-likeness (QED) is 0.494. The van der Waals surface area contributed by atoms with Crippen LogP contribution >= 0.6 is 12.4 Å². The maximum Gasteiger partial charge on any atom is 0.251 e. The fourth-order valence-corrected chi connectivity index (χ4v) is 7.56. The lowest BCUT2D eigenvalue weighted by Crippen LogP contribution is -2.43. The smallest absolute Gasteiger partial charge is 0.251 e. The lowest BCUT2D eigenvalue weighted by atomic mass is 9.95. The van der Waals surface area contributed by atoms with Crippen molar-refractivity contribution in [3.05, 3.63) is 29.8 Å². The predicted octanol–water partition coefficient (Wildman–Crippen LogP) is 0.750. The largest absolute Gasteiger partial charge is 0.351 e. The van der Waals surface area contributed by atoms with E-state index in [0.29, 0.717) is 31.5 Å². The number of likely N-dealkylation sites (N-methyl/N-ethyl adjacent to an activating group) is 1. The lowest BCUT2D eigenvalue weighted by molar-refractivity contribution is -0.128. The highest BCUT2D eigenvalue weighted by Gasteiger charge is 2.58. The summed E-state index contributed by atoms with van der Waals surface area (Å²) in [5.41, 5.74) is 0.343. The summed E-state index contributed by atoms with van der Waals surface area (Å²) in [6.07, 6.45) is 2.28. The van der Waals surface area contributed by atoms with E-state index in [4.69, 9.17) is 0 Å². The summed E-state index contributed by atoms with van der Waals surface area (Å²) in [6.45, 7) is 3.15. The standard InChI is InChI=1S/C21H32N4O6S2.ClH/c1-5-6-17-19-18(25(21(17)27)32(4,28)29)11-13-24(19)33(30,31)16-9-7-15(8-10-16)20(26)22-12-14-23(2)3;/h7-10,17-19H,5-6,11-14H2,1-4H3,(H,22,26);1H/t17-,18+,19-;/m1./s1. The molecule has 2 aliphatic heterocycles. The summed E-state index contributed by atoms with van der Waals surface area (Å²) in [4.78, 5) is 27.1. The van der Waals surface area contributed by atoms with E-state index in [9.17, 15) is 26.4 Å². The number of sulfonamides is 2. The molecule has 1 aromatic rings. The molecule has 13 heteroatoms. The number of rotatable bonds is 9. The van der Waals surface area contributed by atoms with Gasteiger partial charge in [0, 0.05) is 25.2 Å². The van der Waals surface area contributed by atoms with Crippen LogP contribution in [0.2, 0.25) is 0 Å². The third kappa shape index (κ3) is 5.56. The van der Waals surface area contributed by atoms with Crippen molar-refractivity contribution in [3.63, 3.8) is 0 Å². The minimum Gasteiger partial charge on any atom is -0.351 e. The summed E-state index contributed by atoms with van der Waals surface area (Å²) in [5, 5.41) is 2.78. The summed E-state index contributed by atoms with van der Waals surface area (Å²) in [5.74, 6) is -1.53. The number of carbonyl (C=O) groups excluding carboxylic acids is 2. The zero-order valence-electron chi connectivity index (χ0n) is 19.8. The Hall–Kier alpha value is -1.73. The second-order valence-corrected chi connectivity index (χ2v) is 12.6. The zero-order valence-corrected chi connectivity index (χ0v) is 22.2. The maximum absolute atomic E-state index is 13.5. The zero-order chi connectivity index (χ0) is 24.6. The van der Waals surface area contributed by atoms with Crippen molar-refractivity contribution >= 4 is 44.3 Å². The van der Waals surface area contributed by atoms with Gasteiger partial charge in [-0.1, -0.05) is 13.3 Å². The van der Waals surface area contributed by atoms with Gasteiger partial charge in [-0.2, -0.15) is 4.31 Å². The van der Waals surface area contributed by atoms with Crippen LogP contribution in [0.1, 0.15) is 36.5 Å². The highest BCUT2D eigenvalue weighted by atomic mass is 35.5. The molecule has 2 amide bonds. The van der Waals surface area contributed by atoms with Crippen molar-refractivity contribution in [1.29, 1.82) is 0 Å². The van der Waals surface area contributed by atoms with Crippen LogP contribution in [0.25, 0.3) is 0 Å².